The number of nitrogens with zero attached hydrogens (tertiary/aromatic N) is 1. The number of benzene rings is 2. The Labute approximate surface area is 158 Å². The summed E-state index contributed by atoms with van der Waals surface area (Å²) < 4.78 is 38.0. The lowest BCUT2D eigenvalue weighted by Crippen LogP contribution is -2.32. The molecular formula is C20H25F2N3O2. The highest BCUT2D eigenvalue weighted by Gasteiger charge is 2.08. The summed E-state index contributed by atoms with van der Waals surface area (Å²) in [4.78, 5) is 4.13. The molecule has 0 saturated carbocycles. The number of hydrogen-bond donors (Lipinski definition) is 2. The zero-order valence-electron chi connectivity index (χ0n) is 15.6. The zero-order valence-corrected chi connectivity index (χ0v) is 15.6. The number of nitrogens with one attached hydrogen (secondary N) is 2. The Kier molecular flexibility index (Phi) is 8.51. The van der Waals surface area contributed by atoms with Crippen LogP contribution in [-0.4, -0.2) is 39.9 Å². The van der Waals surface area contributed by atoms with E-state index in [0.717, 1.165) is 17.9 Å². The van der Waals surface area contributed by atoms with Gasteiger partial charge < -0.3 is 20.1 Å². The molecule has 0 spiro atoms. The predicted octanol–water partition coefficient (Wildman–Crippen LogP) is 3.61. The van der Waals surface area contributed by atoms with E-state index >= 15 is 0 Å². The van der Waals surface area contributed by atoms with Gasteiger partial charge in [0.15, 0.2) is 5.96 Å². The largest absolute Gasteiger partial charge is 0.493 e. The minimum atomic E-state index is -0.543. The molecule has 0 aromatic heterocycles. The van der Waals surface area contributed by atoms with Gasteiger partial charge in [-0.15, -0.1) is 0 Å². The number of rotatable bonds is 9. The summed E-state index contributed by atoms with van der Waals surface area (Å²) in [5.41, 5.74) is 0.858. The van der Waals surface area contributed by atoms with Gasteiger partial charge >= 0.3 is 0 Å². The summed E-state index contributed by atoms with van der Waals surface area (Å²) in [6, 6.07) is 11.3. The third-order valence-corrected chi connectivity index (χ3v) is 3.81. The fraction of sp³-hybridized carbons (Fsp3) is 0.350. The van der Waals surface area contributed by atoms with Crippen molar-refractivity contribution < 1.29 is 18.3 Å². The average molecular weight is 377 g/mol. The first-order chi connectivity index (χ1) is 13.1. The molecule has 2 aromatic carbocycles. The monoisotopic (exact) mass is 377 g/mol. The molecule has 0 saturated heterocycles. The SMILES string of the molecule is CN=C(NCCc1c(F)cccc1F)Nc1cccc(OCCCOC)c1. The lowest BCUT2D eigenvalue weighted by molar-refractivity contribution is 0.172. The van der Waals surface area contributed by atoms with Crippen LogP contribution >= 0.6 is 0 Å². The molecule has 0 aliphatic carbocycles. The van der Waals surface area contributed by atoms with Crippen LogP contribution in [0.5, 0.6) is 5.75 Å². The van der Waals surface area contributed by atoms with Gasteiger partial charge in [0, 0.05) is 51.0 Å². The predicted molar refractivity (Wildman–Crippen MR) is 103 cm³/mol. The molecule has 0 heterocycles. The van der Waals surface area contributed by atoms with E-state index in [1.54, 1.807) is 14.2 Å². The van der Waals surface area contributed by atoms with E-state index in [-0.39, 0.29) is 12.0 Å². The maximum absolute atomic E-state index is 13.7. The molecule has 2 N–H and O–H groups in total. The summed E-state index contributed by atoms with van der Waals surface area (Å²) in [7, 11) is 3.29. The number of anilines is 1. The molecule has 0 aliphatic rings. The van der Waals surface area contributed by atoms with Crippen LogP contribution in [0.1, 0.15) is 12.0 Å². The van der Waals surface area contributed by atoms with Crippen LogP contribution in [-0.2, 0) is 11.2 Å². The topological polar surface area (TPSA) is 54.9 Å². The van der Waals surface area contributed by atoms with Gasteiger partial charge in [-0.05, 0) is 30.7 Å². The van der Waals surface area contributed by atoms with Crippen molar-refractivity contribution in [1.29, 1.82) is 0 Å². The van der Waals surface area contributed by atoms with Crippen molar-refractivity contribution in [1.82, 2.24) is 5.32 Å². The first kappa shape index (κ1) is 20.6. The summed E-state index contributed by atoms with van der Waals surface area (Å²) in [6.45, 7) is 1.56. The smallest absolute Gasteiger partial charge is 0.195 e. The van der Waals surface area contributed by atoms with Crippen molar-refractivity contribution in [2.75, 3.05) is 39.2 Å². The Morgan fingerprint density at radius 1 is 1.07 bits per heavy atom. The van der Waals surface area contributed by atoms with Crippen LogP contribution < -0.4 is 15.4 Å². The Balaban J connectivity index is 1.86. The van der Waals surface area contributed by atoms with Crippen LogP contribution in [0.2, 0.25) is 0 Å². The molecule has 2 aromatic rings. The minimum Gasteiger partial charge on any atom is -0.493 e. The number of ether oxygens (including phenoxy) is 2. The molecule has 2 rings (SSSR count). The Morgan fingerprint density at radius 3 is 2.52 bits per heavy atom. The average Bonchev–Trinajstić information content (AvgIpc) is 2.67. The first-order valence-corrected chi connectivity index (χ1v) is 8.76. The normalized spacial score (nSPS) is 11.3. The number of guanidine groups is 1. The Morgan fingerprint density at radius 2 is 1.81 bits per heavy atom. The lowest BCUT2D eigenvalue weighted by atomic mass is 10.1. The molecule has 0 bridgehead atoms. The van der Waals surface area contributed by atoms with Crippen LogP contribution in [0.25, 0.3) is 0 Å². The quantitative estimate of drug-likeness (QED) is 0.398. The second kappa shape index (κ2) is 11.1. The highest BCUT2D eigenvalue weighted by Crippen LogP contribution is 2.17. The van der Waals surface area contributed by atoms with Gasteiger partial charge in [0.25, 0.3) is 0 Å². The second-order valence-electron chi connectivity index (χ2n) is 5.80. The highest BCUT2D eigenvalue weighted by molar-refractivity contribution is 5.93. The maximum Gasteiger partial charge on any atom is 0.195 e. The summed E-state index contributed by atoms with van der Waals surface area (Å²) >= 11 is 0. The van der Waals surface area contributed by atoms with Crippen molar-refractivity contribution >= 4 is 11.6 Å². The maximum atomic E-state index is 13.7. The molecule has 0 aliphatic heterocycles. The molecule has 27 heavy (non-hydrogen) atoms. The van der Waals surface area contributed by atoms with Gasteiger partial charge in [-0.1, -0.05) is 12.1 Å². The van der Waals surface area contributed by atoms with Crippen LogP contribution in [0.15, 0.2) is 47.5 Å². The molecule has 5 nitrogen and oxygen atoms in total. The van der Waals surface area contributed by atoms with Gasteiger partial charge in [-0.2, -0.15) is 0 Å². The van der Waals surface area contributed by atoms with Gasteiger partial charge in [-0.3, -0.25) is 4.99 Å². The summed E-state index contributed by atoms with van der Waals surface area (Å²) in [6.07, 6.45) is 1.02. The zero-order chi connectivity index (χ0) is 19.5. The third-order valence-electron chi connectivity index (χ3n) is 3.81. The molecule has 0 unspecified atom stereocenters. The van der Waals surface area contributed by atoms with Gasteiger partial charge in [-0.25, -0.2) is 8.78 Å². The van der Waals surface area contributed by atoms with E-state index in [0.29, 0.717) is 25.7 Å². The van der Waals surface area contributed by atoms with Crippen LogP contribution in [0.3, 0.4) is 0 Å². The molecule has 0 radical (unpaired) electrons. The fourth-order valence-corrected chi connectivity index (χ4v) is 2.45. The number of halogens is 2. The molecule has 7 heteroatoms. The van der Waals surface area contributed by atoms with Gasteiger partial charge in [0.05, 0.1) is 6.61 Å². The third kappa shape index (κ3) is 6.86. The van der Waals surface area contributed by atoms with E-state index in [2.05, 4.69) is 15.6 Å². The molecule has 0 atom stereocenters. The van der Waals surface area contributed by atoms with Crippen molar-refractivity contribution in [3.8, 4) is 5.75 Å². The summed E-state index contributed by atoms with van der Waals surface area (Å²) in [5, 5.41) is 6.18. The van der Waals surface area contributed by atoms with Crippen molar-refractivity contribution in [2.45, 2.75) is 12.8 Å². The number of methoxy groups -OCH3 is 1. The molecule has 0 amide bonds. The van der Waals surface area contributed by atoms with Gasteiger partial charge in [0.2, 0.25) is 0 Å². The van der Waals surface area contributed by atoms with Crippen molar-refractivity contribution in [3.05, 3.63) is 59.7 Å². The van der Waals surface area contributed by atoms with Crippen molar-refractivity contribution in [2.24, 2.45) is 4.99 Å². The Bertz CT molecular complexity index is 734. The van der Waals surface area contributed by atoms with E-state index in [4.69, 9.17) is 9.47 Å². The van der Waals surface area contributed by atoms with E-state index in [1.807, 2.05) is 24.3 Å². The number of hydrogen-bond acceptors (Lipinski definition) is 3. The van der Waals surface area contributed by atoms with Crippen LogP contribution in [0.4, 0.5) is 14.5 Å². The van der Waals surface area contributed by atoms with Crippen LogP contribution in [0, 0.1) is 11.6 Å². The van der Waals surface area contributed by atoms with Crippen molar-refractivity contribution in [3.63, 3.8) is 0 Å². The Hall–Kier alpha value is -2.67. The summed E-state index contributed by atoms with van der Waals surface area (Å²) in [5.74, 6) is 0.152. The molecule has 0 fully saturated rings. The first-order valence-electron chi connectivity index (χ1n) is 8.76. The van der Waals surface area contributed by atoms with Gasteiger partial charge in [0.1, 0.15) is 17.4 Å². The van der Waals surface area contributed by atoms with E-state index < -0.39 is 11.6 Å². The highest BCUT2D eigenvalue weighted by atomic mass is 19.1. The molecule has 146 valence electrons. The standard InChI is InChI=1S/C20H25F2N3O2/c1-23-20(24-11-10-17-18(21)8-4-9-19(17)22)25-15-6-3-7-16(14-15)27-13-5-12-26-2/h3-4,6-9,14H,5,10-13H2,1-2H3,(H2,23,24,25). The number of aliphatic imine (C=N–C) groups is 1. The lowest BCUT2D eigenvalue weighted by Gasteiger charge is -2.13. The van der Waals surface area contributed by atoms with E-state index in [1.165, 1.54) is 18.2 Å². The fourth-order valence-electron chi connectivity index (χ4n) is 2.45. The second-order valence-corrected chi connectivity index (χ2v) is 5.80. The van der Waals surface area contributed by atoms with E-state index in [9.17, 15) is 8.78 Å². The molecular weight excluding hydrogens is 352 g/mol. The minimum absolute atomic E-state index is 0.0620.